The minimum absolute atomic E-state index is 0.143. The Balaban J connectivity index is 2.50. The summed E-state index contributed by atoms with van der Waals surface area (Å²) in [5, 5.41) is 18.6. The second kappa shape index (κ2) is 6.24. The zero-order valence-electron chi connectivity index (χ0n) is 10.2. The fraction of sp³-hybridized carbons (Fsp3) is 0. The fourth-order valence-corrected chi connectivity index (χ4v) is 3.01. The molecule has 2 aromatic rings. The number of rotatable bonds is 3. The van der Waals surface area contributed by atoms with Gasteiger partial charge < -0.3 is 10.2 Å². The Morgan fingerprint density at radius 2 is 1.55 bits per heavy atom. The van der Waals surface area contributed by atoms with Crippen molar-refractivity contribution in [2.75, 3.05) is 0 Å². The number of benzene rings is 2. The fourth-order valence-electron chi connectivity index (χ4n) is 1.72. The van der Waals surface area contributed by atoms with Crippen LogP contribution in [0.1, 0.15) is 11.1 Å². The van der Waals surface area contributed by atoms with E-state index >= 15 is 0 Å². The molecule has 0 saturated heterocycles. The van der Waals surface area contributed by atoms with Crippen molar-refractivity contribution in [1.82, 2.24) is 0 Å². The van der Waals surface area contributed by atoms with Gasteiger partial charge >= 0.3 is 5.97 Å². The van der Waals surface area contributed by atoms with E-state index in [0.717, 1.165) is 8.95 Å². The summed E-state index contributed by atoms with van der Waals surface area (Å²) < 4.78 is 1.58. The van der Waals surface area contributed by atoms with E-state index in [1.165, 1.54) is 12.1 Å². The van der Waals surface area contributed by atoms with Crippen LogP contribution in [0.2, 0.25) is 0 Å². The van der Waals surface area contributed by atoms with E-state index < -0.39 is 5.97 Å². The molecule has 0 saturated carbocycles. The Hall–Kier alpha value is -1.59. The molecule has 0 aliphatic heterocycles. The lowest BCUT2D eigenvalue weighted by molar-refractivity contribution is -0.130. The zero-order chi connectivity index (χ0) is 14.7. The number of phenolic OH excluding ortho intramolecular Hbond substituents is 1. The molecule has 20 heavy (non-hydrogen) atoms. The highest BCUT2D eigenvalue weighted by atomic mass is 79.9. The monoisotopic (exact) mass is 396 g/mol. The van der Waals surface area contributed by atoms with Crippen molar-refractivity contribution in [2.45, 2.75) is 0 Å². The Morgan fingerprint density at radius 1 is 1.00 bits per heavy atom. The van der Waals surface area contributed by atoms with Crippen molar-refractivity contribution < 1.29 is 15.0 Å². The number of carbonyl (C=O) groups is 1. The van der Waals surface area contributed by atoms with Crippen LogP contribution in [0.3, 0.4) is 0 Å². The summed E-state index contributed by atoms with van der Waals surface area (Å²) in [4.78, 5) is 11.4. The first-order chi connectivity index (χ1) is 9.45. The van der Waals surface area contributed by atoms with Gasteiger partial charge in [-0.1, -0.05) is 44.0 Å². The van der Waals surface area contributed by atoms with Gasteiger partial charge in [0.05, 0.1) is 5.57 Å². The minimum Gasteiger partial charge on any atom is -0.508 e. The van der Waals surface area contributed by atoms with Crippen LogP contribution in [0.4, 0.5) is 0 Å². The lowest BCUT2D eigenvalue weighted by Crippen LogP contribution is -1.99. The Kier molecular flexibility index (Phi) is 4.62. The van der Waals surface area contributed by atoms with Crippen LogP contribution < -0.4 is 0 Å². The summed E-state index contributed by atoms with van der Waals surface area (Å²) in [5.41, 5.74) is 1.47. The number of carboxylic acids is 1. The lowest BCUT2D eigenvalue weighted by Gasteiger charge is -2.05. The van der Waals surface area contributed by atoms with Gasteiger partial charge in [-0.15, -0.1) is 0 Å². The largest absolute Gasteiger partial charge is 0.508 e. The molecule has 2 N–H and O–H groups in total. The molecule has 3 nitrogen and oxygen atoms in total. The van der Waals surface area contributed by atoms with Crippen LogP contribution in [-0.4, -0.2) is 16.2 Å². The van der Waals surface area contributed by atoms with Crippen LogP contribution >= 0.6 is 31.9 Å². The maximum Gasteiger partial charge on any atom is 0.336 e. The molecule has 0 spiro atoms. The molecule has 2 aromatic carbocycles. The van der Waals surface area contributed by atoms with E-state index in [9.17, 15) is 15.0 Å². The van der Waals surface area contributed by atoms with Crippen LogP contribution in [0.25, 0.3) is 11.6 Å². The summed E-state index contributed by atoms with van der Waals surface area (Å²) in [6.07, 6.45) is 1.57. The van der Waals surface area contributed by atoms with Crippen LogP contribution in [0, 0.1) is 0 Å². The molecule has 0 atom stereocenters. The van der Waals surface area contributed by atoms with E-state index in [1.807, 2.05) is 6.07 Å². The molecule has 0 aliphatic rings. The van der Waals surface area contributed by atoms with Gasteiger partial charge in [0.2, 0.25) is 0 Å². The summed E-state index contributed by atoms with van der Waals surface area (Å²) in [6, 6.07) is 11.7. The molecule has 0 heterocycles. The van der Waals surface area contributed by atoms with Gasteiger partial charge in [-0.05, 0) is 47.5 Å². The first-order valence-electron chi connectivity index (χ1n) is 5.66. The predicted octanol–water partition coefficient (Wildman–Crippen LogP) is 4.54. The third-order valence-electron chi connectivity index (χ3n) is 2.61. The van der Waals surface area contributed by atoms with Crippen molar-refractivity contribution >= 4 is 49.5 Å². The molecule has 0 aliphatic carbocycles. The van der Waals surface area contributed by atoms with Crippen LogP contribution in [-0.2, 0) is 4.79 Å². The van der Waals surface area contributed by atoms with Crippen molar-refractivity contribution in [1.29, 1.82) is 0 Å². The second-order valence-electron chi connectivity index (χ2n) is 4.11. The van der Waals surface area contributed by atoms with Crippen molar-refractivity contribution in [2.24, 2.45) is 0 Å². The van der Waals surface area contributed by atoms with E-state index in [0.29, 0.717) is 11.1 Å². The summed E-state index contributed by atoms with van der Waals surface area (Å²) >= 11 is 6.68. The van der Waals surface area contributed by atoms with Crippen LogP contribution in [0.5, 0.6) is 5.75 Å². The number of halogens is 2. The Labute approximate surface area is 132 Å². The summed E-state index contributed by atoms with van der Waals surface area (Å²) in [6.45, 7) is 0. The first-order valence-corrected chi connectivity index (χ1v) is 7.25. The molecule has 0 bridgehead atoms. The summed E-state index contributed by atoms with van der Waals surface area (Å²) in [7, 11) is 0. The number of phenols is 1. The maximum absolute atomic E-state index is 11.4. The highest BCUT2D eigenvalue weighted by Crippen LogP contribution is 2.27. The number of aliphatic carboxylic acids is 1. The molecule has 0 radical (unpaired) electrons. The standard InChI is InChI=1S/C15H10Br2O3/c16-11-6-10(7-12(17)8-11)14(15(19)20)5-9-1-3-13(18)4-2-9/h1-8,18H,(H,19,20)/b14-5+. The molecule has 102 valence electrons. The Morgan fingerprint density at radius 3 is 2.05 bits per heavy atom. The van der Waals surface area contributed by atoms with Gasteiger partial charge in [0, 0.05) is 8.95 Å². The normalized spacial score (nSPS) is 11.4. The first kappa shape index (κ1) is 14.8. The molecular weight excluding hydrogens is 388 g/mol. The topological polar surface area (TPSA) is 57.5 Å². The van der Waals surface area contributed by atoms with Gasteiger partial charge in [-0.2, -0.15) is 0 Å². The number of carboxylic acid groups (broad SMARTS) is 1. The quantitative estimate of drug-likeness (QED) is 0.590. The van der Waals surface area contributed by atoms with E-state index in [2.05, 4.69) is 31.9 Å². The minimum atomic E-state index is -1.01. The van der Waals surface area contributed by atoms with Gasteiger partial charge in [-0.3, -0.25) is 0 Å². The van der Waals surface area contributed by atoms with E-state index in [1.54, 1.807) is 30.3 Å². The highest BCUT2D eigenvalue weighted by molar-refractivity contribution is 9.11. The van der Waals surface area contributed by atoms with Gasteiger partial charge in [0.15, 0.2) is 0 Å². The predicted molar refractivity (Wildman–Crippen MR) is 85.5 cm³/mol. The van der Waals surface area contributed by atoms with Gasteiger partial charge in [0.25, 0.3) is 0 Å². The number of aromatic hydroxyl groups is 1. The molecular formula is C15H10Br2O3. The number of hydrogen-bond donors (Lipinski definition) is 2. The lowest BCUT2D eigenvalue weighted by atomic mass is 10.0. The zero-order valence-corrected chi connectivity index (χ0v) is 13.3. The third-order valence-corrected chi connectivity index (χ3v) is 3.52. The van der Waals surface area contributed by atoms with Gasteiger partial charge in [-0.25, -0.2) is 4.79 Å². The third kappa shape index (κ3) is 3.71. The molecule has 0 aromatic heterocycles. The second-order valence-corrected chi connectivity index (χ2v) is 5.94. The van der Waals surface area contributed by atoms with Crippen LogP contribution in [0.15, 0.2) is 51.4 Å². The van der Waals surface area contributed by atoms with E-state index in [-0.39, 0.29) is 11.3 Å². The smallest absolute Gasteiger partial charge is 0.336 e. The maximum atomic E-state index is 11.4. The summed E-state index contributed by atoms with van der Waals surface area (Å²) in [5.74, 6) is -0.868. The van der Waals surface area contributed by atoms with Crippen molar-refractivity contribution in [3.63, 3.8) is 0 Å². The molecule has 2 rings (SSSR count). The average molecular weight is 398 g/mol. The molecule has 0 fully saturated rings. The SMILES string of the molecule is O=C(O)/C(=C/c1ccc(O)cc1)c1cc(Br)cc(Br)c1. The molecule has 0 amide bonds. The molecule has 5 heteroatoms. The van der Waals surface area contributed by atoms with Crippen molar-refractivity contribution in [3.8, 4) is 5.75 Å². The van der Waals surface area contributed by atoms with Crippen molar-refractivity contribution in [3.05, 3.63) is 62.5 Å². The van der Waals surface area contributed by atoms with Gasteiger partial charge in [0.1, 0.15) is 5.75 Å². The Bertz CT molecular complexity index is 656. The molecule has 0 unspecified atom stereocenters. The number of hydrogen-bond acceptors (Lipinski definition) is 2. The average Bonchev–Trinajstić information content (AvgIpc) is 2.36. The highest BCUT2D eigenvalue weighted by Gasteiger charge is 2.12. The van der Waals surface area contributed by atoms with E-state index in [4.69, 9.17) is 0 Å².